The topological polar surface area (TPSA) is 58.5 Å². The van der Waals surface area contributed by atoms with Crippen molar-refractivity contribution in [1.82, 2.24) is 5.32 Å². The monoisotopic (exact) mass is 382 g/mol. The Kier molecular flexibility index (Phi) is 6.55. The highest BCUT2D eigenvalue weighted by Crippen LogP contribution is 2.22. The number of ketones is 1. The van der Waals surface area contributed by atoms with Crippen molar-refractivity contribution < 1.29 is 9.59 Å². The van der Waals surface area contributed by atoms with Gasteiger partial charge in [-0.3, -0.25) is 14.6 Å². The van der Waals surface area contributed by atoms with Crippen LogP contribution in [0.25, 0.3) is 10.8 Å². The van der Waals surface area contributed by atoms with Gasteiger partial charge in [0.1, 0.15) is 5.92 Å². The van der Waals surface area contributed by atoms with E-state index in [1.807, 2.05) is 43.3 Å². The quantitative estimate of drug-likeness (QED) is 0.282. The zero-order valence-electron chi connectivity index (χ0n) is 16.3. The third kappa shape index (κ3) is 4.77. The summed E-state index contributed by atoms with van der Waals surface area (Å²) >= 11 is 0. The molecule has 3 aromatic carbocycles. The van der Waals surface area contributed by atoms with Crippen LogP contribution in [0.3, 0.4) is 0 Å². The maximum Gasteiger partial charge on any atom is 0.236 e. The van der Waals surface area contributed by atoms with E-state index in [0.717, 1.165) is 22.8 Å². The summed E-state index contributed by atoms with van der Waals surface area (Å²) in [5, 5.41) is 4.58. The lowest BCUT2D eigenvalue weighted by Gasteiger charge is -2.13. The van der Waals surface area contributed by atoms with Crippen LogP contribution in [0.15, 0.2) is 71.7 Å². The second-order valence-corrected chi connectivity index (χ2v) is 6.63. The normalized spacial score (nSPS) is 11.9. The SMILES string of the molecule is C#Cc1ccc(N=CC(C(=O)NCCC)C(=O)c2cccc3ccccc23)cc1. The minimum absolute atomic E-state index is 0.278. The van der Waals surface area contributed by atoms with Gasteiger partial charge in [0.05, 0.1) is 5.69 Å². The Morgan fingerprint density at radius 1 is 1.07 bits per heavy atom. The highest BCUT2D eigenvalue weighted by atomic mass is 16.2. The van der Waals surface area contributed by atoms with Crippen molar-refractivity contribution in [1.29, 1.82) is 0 Å². The van der Waals surface area contributed by atoms with Crippen molar-refractivity contribution in [3.05, 3.63) is 77.9 Å². The molecule has 0 heterocycles. The maximum absolute atomic E-state index is 13.3. The number of benzene rings is 3. The average Bonchev–Trinajstić information content (AvgIpc) is 2.77. The largest absolute Gasteiger partial charge is 0.355 e. The second kappa shape index (κ2) is 9.48. The van der Waals surface area contributed by atoms with Crippen molar-refractivity contribution in [2.24, 2.45) is 10.9 Å². The molecule has 0 saturated heterocycles. The molecule has 0 aliphatic carbocycles. The molecule has 4 nitrogen and oxygen atoms in total. The third-order valence-electron chi connectivity index (χ3n) is 4.58. The van der Waals surface area contributed by atoms with Gasteiger partial charge in [-0.05, 0) is 41.5 Å². The van der Waals surface area contributed by atoms with E-state index in [0.29, 0.717) is 17.8 Å². The van der Waals surface area contributed by atoms with Crippen molar-refractivity contribution >= 4 is 34.4 Å². The molecule has 144 valence electrons. The molecule has 0 saturated carbocycles. The number of Topliss-reactive ketones (excluding diaryl/α,β-unsaturated/α-hetero) is 1. The molecule has 0 spiro atoms. The van der Waals surface area contributed by atoms with E-state index in [4.69, 9.17) is 6.42 Å². The Labute approximate surface area is 170 Å². The summed E-state index contributed by atoms with van der Waals surface area (Å²) < 4.78 is 0. The molecule has 4 heteroatoms. The summed E-state index contributed by atoms with van der Waals surface area (Å²) in [6.45, 7) is 2.46. The Hall–Kier alpha value is -3.71. The zero-order valence-corrected chi connectivity index (χ0v) is 16.3. The summed E-state index contributed by atoms with van der Waals surface area (Å²) in [5.41, 5.74) is 1.88. The molecule has 0 aromatic heterocycles. The highest BCUT2D eigenvalue weighted by molar-refractivity contribution is 6.23. The fourth-order valence-electron chi connectivity index (χ4n) is 3.02. The van der Waals surface area contributed by atoms with Crippen LogP contribution in [0.1, 0.15) is 29.3 Å². The van der Waals surface area contributed by atoms with Gasteiger partial charge in [0, 0.05) is 23.9 Å². The number of terminal acetylenes is 1. The van der Waals surface area contributed by atoms with Crippen LogP contribution in [0, 0.1) is 18.3 Å². The van der Waals surface area contributed by atoms with E-state index in [-0.39, 0.29) is 11.7 Å². The fraction of sp³-hybridized carbons (Fsp3) is 0.160. The Bertz CT molecular complexity index is 1090. The molecule has 1 atom stereocenters. The number of carbonyl (C=O) groups excluding carboxylic acids is 2. The number of carbonyl (C=O) groups is 2. The number of nitrogens with one attached hydrogen (secondary N) is 1. The van der Waals surface area contributed by atoms with Gasteiger partial charge in [-0.25, -0.2) is 0 Å². The lowest BCUT2D eigenvalue weighted by molar-refractivity contribution is -0.121. The van der Waals surface area contributed by atoms with Crippen LogP contribution in [0.4, 0.5) is 5.69 Å². The van der Waals surface area contributed by atoms with E-state index in [1.54, 1.807) is 30.3 Å². The van der Waals surface area contributed by atoms with Crippen LogP contribution < -0.4 is 5.32 Å². The second-order valence-electron chi connectivity index (χ2n) is 6.63. The summed E-state index contributed by atoms with van der Waals surface area (Å²) in [6.07, 6.45) is 7.57. The van der Waals surface area contributed by atoms with Gasteiger partial charge in [0.15, 0.2) is 5.78 Å². The number of aliphatic imine (C=N–C) groups is 1. The Balaban J connectivity index is 1.95. The molecule has 0 aliphatic rings. The molecule has 0 fully saturated rings. The van der Waals surface area contributed by atoms with Crippen LogP contribution >= 0.6 is 0 Å². The predicted octanol–water partition coefficient (Wildman–Crippen LogP) is 4.55. The molecule has 3 rings (SSSR count). The van der Waals surface area contributed by atoms with Crippen LogP contribution in [-0.2, 0) is 4.79 Å². The van der Waals surface area contributed by atoms with Crippen LogP contribution in [0.2, 0.25) is 0 Å². The Morgan fingerprint density at radius 2 is 1.79 bits per heavy atom. The standard InChI is InChI=1S/C25H22N2O2/c1-3-16-26-25(29)23(17-27-20-14-12-18(4-2)13-15-20)24(28)22-11-7-9-19-8-5-6-10-21(19)22/h2,5-15,17,23H,3,16H2,1H3,(H,26,29). The third-order valence-corrected chi connectivity index (χ3v) is 4.58. The number of hydrogen-bond acceptors (Lipinski definition) is 3. The molecule has 1 unspecified atom stereocenters. The van der Waals surface area contributed by atoms with Crippen molar-refractivity contribution in [3.8, 4) is 12.3 Å². The van der Waals surface area contributed by atoms with Crippen LogP contribution in [0.5, 0.6) is 0 Å². The summed E-state index contributed by atoms with van der Waals surface area (Å²) in [6, 6.07) is 20.2. The van der Waals surface area contributed by atoms with Gasteiger partial charge in [-0.15, -0.1) is 6.42 Å². The van der Waals surface area contributed by atoms with Crippen molar-refractivity contribution in [2.45, 2.75) is 13.3 Å². The molecule has 1 N–H and O–H groups in total. The minimum atomic E-state index is -1.01. The van der Waals surface area contributed by atoms with Gasteiger partial charge >= 0.3 is 0 Å². The van der Waals surface area contributed by atoms with Gasteiger partial charge in [-0.1, -0.05) is 55.3 Å². The van der Waals surface area contributed by atoms with E-state index in [9.17, 15) is 9.59 Å². The molecule has 3 aromatic rings. The number of amides is 1. The van der Waals surface area contributed by atoms with Crippen molar-refractivity contribution in [2.75, 3.05) is 6.54 Å². The average molecular weight is 382 g/mol. The van der Waals surface area contributed by atoms with E-state index < -0.39 is 5.92 Å². The first-order chi connectivity index (χ1) is 14.1. The fourth-order valence-corrected chi connectivity index (χ4v) is 3.02. The number of nitrogens with zero attached hydrogens (tertiary/aromatic N) is 1. The predicted molar refractivity (Wildman–Crippen MR) is 118 cm³/mol. The summed E-state index contributed by atoms with van der Waals surface area (Å²) in [7, 11) is 0. The van der Waals surface area contributed by atoms with Gasteiger partial charge < -0.3 is 5.32 Å². The summed E-state index contributed by atoms with van der Waals surface area (Å²) in [5.74, 6) is 0.902. The van der Waals surface area contributed by atoms with E-state index in [1.165, 1.54) is 6.21 Å². The Morgan fingerprint density at radius 3 is 2.52 bits per heavy atom. The van der Waals surface area contributed by atoms with Crippen LogP contribution in [-0.4, -0.2) is 24.4 Å². The van der Waals surface area contributed by atoms with Gasteiger partial charge in [-0.2, -0.15) is 0 Å². The smallest absolute Gasteiger partial charge is 0.236 e. The van der Waals surface area contributed by atoms with E-state index >= 15 is 0 Å². The lowest BCUT2D eigenvalue weighted by Crippen LogP contribution is -2.36. The molecule has 0 bridgehead atoms. The minimum Gasteiger partial charge on any atom is -0.355 e. The summed E-state index contributed by atoms with van der Waals surface area (Å²) in [4.78, 5) is 30.4. The molecule has 0 aliphatic heterocycles. The zero-order chi connectivity index (χ0) is 20.6. The first kappa shape index (κ1) is 20.0. The first-order valence-electron chi connectivity index (χ1n) is 9.54. The lowest BCUT2D eigenvalue weighted by atomic mass is 9.93. The number of hydrogen-bond donors (Lipinski definition) is 1. The molecule has 0 radical (unpaired) electrons. The van der Waals surface area contributed by atoms with Gasteiger partial charge in [0.2, 0.25) is 5.91 Å². The first-order valence-corrected chi connectivity index (χ1v) is 9.54. The van der Waals surface area contributed by atoms with Crippen molar-refractivity contribution in [3.63, 3.8) is 0 Å². The highest BCUT2D eigenvalue weighted by Gasteiger charge is 2.27. The number of rotatable bonds is 7. The molecular formula is C25H22N2O2. The van der Waals surface area contributed by atoms with E-state index in [2.05, 4.69) is 16.2 Å². The maximum atomic E-state index is 13.3. The number of fused-ring (bicyclic) bond motifs is 1. The molecule has 29 heavy (non-hydrogen) atoms. The van der Waals surface area contributed by atoms with Gasteiger partial charge in [0.25, 0.3) is 0 Å². The molecule has 1 amide bonds. The molecular weight excluding hydrogens is 360 g/mol.